The first-order chi connectivity index (χ1) is 18.0. The zero-order valence-corrected chi connectivity index (χ0v) is 22.6. The number of nitrogens with zero attached hydrogens (tertiary/aromatic N) is 1. The van der Waals surface area contributed by atoms with Crippen LogP contribution in [0.2, 0.25) is 0 Å². The first-order valence-corrected chi connectivity index (χ1v) is 14.7. The van der Waals surface area contributed by atoms with Crippen molar-refractivity contribution >= 4 is 15.7 Å². The monoisotopic (exact) mass is 554 g/mol. The molecular formula is C27H37F3N4O3S. The molecule has 0 unspecified atom stereocenters. The summed E-state index contributed by atoms with van der Waals surface area (Å²) in [7, 11) is 0.459. The number of anilines is 1. The number of sulfonamides is 1. The standard InChI is InChI=1S/C27H37F3N4O3S/c1-34(2)15-14-31-13-6-16-38(35,36)32-18-21-10-11-22-25(19-7-4-3-5-8-19)33-24-12-9-20(27(28,29)30)17-23(24)26(22)37-21/h3-5,7-9,12,17,21-22,25-26,31-33H,6,10-11,13-16,18H2,1-2H3/t21-,22+,25+,26+/m1/s1. The number of hydrogen-bond acceptors (Lipinski definition) is 6. The van der Waals surface area contributed by atoms with Crippen molar-refractivity contribution in [3.63, 3.8) is 0 Å². The zero-order valence-electron chi connectivity index (χ0n) is 21.8. The van der Waals surface area contributed by atoms with E-state index in [2.05, 4.69) is 15.4 Å². The first kappa shape index (κ1) is 28.8. The number of nitrogens with one attached hydrogen (secondary N) is 3. The average molecular weight is 555 g/mol. The van der Waals surface area contributed by atoms with Crippen LogP contribution in [0.5, 0.6) is 0 Å². The number of rotatable bonds is 11. The largest absolute Gasteiger partial charge is 0.416 e. The summed E-state index contributed by atoms with van der Waals surface area (Å²) < 4.78 is 74.7. The molecule has 7 nitrogen and oxygen atoms in total. The molecule has 0 aromatic heterocycles. The van der Waals surface area contributed by atoms with Gasteiger partial charge in [-0.1, -0.05) is 30.3 Å². The quantitative estimate of drug-likeness (QED) is 0.362. The smallest absolute Gasteiger partial charge is 0.378 e. The van der Waals surface area contributed by atoms with Gasteiger partial charge in [-0.3, -0.25) is 0 Å². The second-order valence-electron chi connectivity index (χ2n) is 10.3. The number of hydrogen-bond donors (Lipinski definition) is 3. The van der Waals surface area contributed by atoms with Crippen LogP contribution in [-0.2, 0) is 20.9 Å². The third kappa shape index (κ3) is 7.47. The Balaban J connectivity index is 1.43. The molecule has 0 aliphatic carbocycles. The molecule has 38 heavy (non-hydrogen) atoms. The Hall–Kier alpha value is -2.18. The van der Waals surface area contributed by atoms with Gasteiger partial charge < -0.3 is 20.3 Å². The molecule has 210 valence electrons. The molecule has 1 saturated heterocycles. The maximum Gasteiger partial charge on any atom is 0.416 e. The summed E-state index contributed by atoms with van der Waals surface area (Å²) in [4.78, 5) is 2.05. The fraction of sp³-hybridized carbons (Fsp3) is 0.556. The Morgan fingerprint density at radius 3 is 2.55 bits per heavy atom. The fourth-order valence-electron chi connectivity index (χ4n) is 5.18. The Morgan fingerprint density at radius 2 is 1.84 bits per heavy atom. The predicted octanol–water partition coefficient (Wildman–Crippen LogP) is 4.17. The molecule has 2 heterocycles. The van der Waals surface area contributed by atoms with E-state index in [1.165, 1.54) is 6.07 Å². The van der Waals surface area contributed by atoms with Crippen molar-refractivity contribution in [1.29, 1.82) is 0 Å². The van der Waals surface area contributed by atoms with Crippen molar-refractivity contribution < 1.29 is 26.3 Å². The fourth-order valence-corrected chi connectivity index (χ4v) is 6.29. The van der Waals surface area contributed by atoms with Gasteiger partial charge in [-0.05, 0) is 63.7 Å². The number of fused-ring (bicyclic) bond motifs is 3. The van der Waals surface area contributed by atoms with E-state index in [0.29, 0.717) is 37.1 Å². The minimum Gasteiger partial charge on any atom is -0.378 e. The summed E-state index contributed by atoms with van der Waals surface area (Å²) in [5.41, 5.74) is 1.39. The highest BCUT2D eigenvalue weighted by molar-refractivity contribution is 7.89. The van der Waals surface area contributed by atoms with Crippen LogP contribution in [0.4, 0.5) is 18.9 Å². The summed E-state index contributed by atoms with van der Waals surface area (Å²) in [5.74, 6) is -0.0899. The van der Waals surface area contributed by atoms with Gasteiger partial charge in [0, 0.05) is 36.8 Å². The maximum atomic E-state index is 13.5. The summed E-state index contributed by atoms with van der Waals surface area (Å²) in [5, 5.41) is 6.66. The van der Waals surface area contributed by atoms with Crippen LogP contribution < -0.4 is 15.4 Å². The second kappa shape index (κ2) is 12.3. The second-order valence-corrected chi connectivity index (χ2v) is 12.3. The van der Waals surface area contributed by atoms with Crippen molar-refractivity contribution in [2.75, 3.05) is 51.3 Å². The van der Waals surface area contributed by atoms with Crippen molar-refractivity contribution in [1.82, 2.24) is 14.9 Å². The lowest BCUT2D eigenvalue weighted by atomic mass is 9.76. The summed E-state index contributed by atoms with van der Waals surface area (Å²) >= 11 is 0. The highest BCUT2D eigenvalue weighted by Gasteiger charge is 2.43. The molecule has 4 rings (SSSR count). The molecule has 0 bridgehead atoms. The van der Waals surface area contributed by atoms with E-state index in [-0.39, 0.29) is 24.3 Å². The number of alkyl halides is 3. The zero-order chi connectivity index (χ0) is 27.3. The number of halogens is 3. The molecule has 1 fully saturated rings. The van der Waals surface area contributed by atoms with Crippen LogP contribution in [0, 0.1) is 5.92 Å². The molecule has 0 saturated carbocycles. The third-order valence-electron chi connectivity index (χ3n) is 7.17. The van der Waals surface area contributed by atoms with Gasteiger partial charge in [0.2, 0.25) is 10.0 Å². The lowest BCUT2D eigenvalue weighted by Crippen LogP contribution is -2.43. The van der Waals surface area contributed by atoms with Crippen molar-refractivity contribution in [2.24, 2.45) is 5.92 Å². The highest BCUT2D eigenvalue weighted by Crippen LogP contribution is 2.51. The Kier molecular flexibility index (Phi) is 9.36. The molecule has 2 aliphatic rings. The molecule has 2 aromatic carbocycles. The lowest BCUT2D eigenvalue weighted by molar-refractivity contribution is -0.138. The topological polar surface area (TPSA) is 82.7 Å². The van der Waals surface area contributed by atoms with Gasteiger partial charge >= 0.3 is 6.18 Å². The predicted molar refractivity (Wildman–Crippen MR) is 142 cm³/mol. The first-order valence-electron chi connectivity index (χ1n) is 13.0. The van der Waals surface area contributed by atoms with E-state index < -0.39 is 34.0 Å². The van der Waals surface area contributed by atoms with E-state index >= 15 is 0 Å². The summed E-state index contributed by atoms with van der Waals surface area (Å²) in [6.07, 6.45) is -3.70. The average Bonchev–Trinajstić information content (AvgIpc) is 2.88. The van der Waals surface area contributed by atoms with Gasteiger partial charge in [0.25, 0.3) is 0 Å². The minimum absolute atomic E-state index is 0.00147. The normalized spacial score (nSPS) is 23.5. The summed E-state index contributed by atoms with van der Waals surface area (Å²) in [6, 6.07) is 13.4. The van der Waals surface area contributed by atoms with Crippen molar-refractivity contribution in [3.05, 3.63) is 65.2 Å². The van der Waals surface area contributed by atoms with Crippen LogP contribution >= 0.6 is 0 Å². The SMILES string of the molecule is CN(C)CCNCCCS(=O)(=O)NC[C@H]1CC[C@@H]2[C@H](O1)c1cc(C(F)(F)F)ccc1N[C@H]2c1ccccc1. The van der Waals surface area contributed by atoms with Crippen LogP contribution in [0.1, 0.15) is 48.1 Å². The number of ether oxygens (including phenoxy) is 1. The van der Waals surface area contributed by atoms with Crippen LogP contribution in [0.25, 0.3) is 0 Å². The maximum absolute atomic E-state index is 13.5. The van der Waals surface area contributed by atoms with Crippen LogP contribution in [-0.4, -0.2) is 65.4 Å². The molecular weight excluding hydrogens is 517 g/mol. The molecule has 0 radical (unpaired) electrons. The molecule has 11 heteroatoms. The number of likely N-dealkylation sites (N-methyl/N-ethyl adjacent to an activating group) is 1. The Bertz CT molecular complexity index is 1160. The van der Waals surface area contributed by atoms with E-state index in [9.17, 15) is 21.6 Å². The molecule has 0 spiro atoms. The molecule has 2 aliphatic heterocycles. The molecule has 4 atom stereocenters. The van der Waals surface area contributed by atoms with Crippen molar-refractivity contribution in [3.8, 4) is 0 Å². The number of benzene rings is 2. The van der Waals surface area contributed by atoms with Gasteiger partial charge in [-0.25, -0.2) is 13.1 Å². The third-order valence-corrected chi connectivity index (χ3v) is 8.60. The van der Waals surface area contributed by atoms with Crippen molar-refractivity contribution in [2.45, 2.75) is 43.7 Å². The van der Waals surface area contributed by atoms with E-state index in [1.807, 2.05) is 49.3 Å². The van der Waals surface area contributed by atoms with Crippen LogP contribution in [0.15, 0.2) is 48.5 Å². The van der Waals surface area contributed by atoms with E-state index in [4.69, 9.17) is 4.74 Å². The minimum atomic E-state index is -4.47. The molecule has 3 N–H and O–H groups in total. The van der Waals surface area contributed by atoms with Gasteiger partial charge in [0.05, 0.1) is 29.6 Å². The lowest BCUT2D eigenvalue weighted by Gasteiger charge is -2.46. The van der Waals surface area contributed by atoms with E-state index in [1.54, 1.807) is 0 Å². The Morgan fingerprint density at radius 1 is 1.08 bits per heavy atom. The Labute approximate surface area is 223 Å². The van der Waals surface area contributed by atoms with E-state index in [0.717, 1.165) is 30.8 Å². The molecule has 0 amide bonds. The van der Waals surface area contributed by atoms with Crippen LogP contribution in [0.3, 0.4) is 0 Å². The van der Waals surface area contributed by atoms with Gasteiger partial charge in [-0.15, -0.1) is 0 Å². The summed E-state index contributed by atoms with van der Waals surface area (Å²) in [6.45, 7) is 2.36. The highest BCUT2D eigenvalue weighted by atomic mass is 32.2. The van der Waals surface area contributed by atoms with Gasteiger partial charge in [0.15, 0.2) is 0 Å². The molecule has 2 aromatic rings. The van der Waals surface area contributed by atoms with Gasteiger partial charge in [-0.2, -0.15) is 13.2 Å². The van der Waals surface area contributed by atoms with Gasteiger partial charge in [0.1, 0.15) is 0 Å².